The first-order chi connectivity index (χ1) is 7.17. The second-order valence-corrected chi connectivity index (χ2v) is 3.87. The monoisotopic (exact) mass is 206 g/mol. The van der Waals surface area contributed by atoms with Crippen LogP contribution in [0, 0.1) is 5.92 Å². The molecule has 0 heterocycles. The van der Waals surface area contributed by atoms with E-state index in [0.29, 0.717) is 12.3 Å². The summed E-state index contributed by atoms with van der Waals surface area (Å²) in [5.41, 5.74) is 0.745. The molecule has 1 aromatic rings. The summed E-state index contributed by atoms with van der Waals surface area (Å²) in [6.45, 7) is 4.20. The number of methoxy groups -OCH3 is 1. The Morgan fingerprint density at radius 3 is 2.80 bits per heavy atom. The maximum atomic E-state index is 11.8. The summed E-state index contributed by atoms with van der Waals surface area (Å²) in [5.74, 6) is 1.39. The lowest BCUT2D eigenvalue weighted by molar-refractivity contribution is 0.0963. The molecule has 0 bridgehead atoms. The summed E-state index contributed by atoms with van der Waals surface area (Å²) in [5, 5.41) is 0. The summed E-state index contributed by atoms with van der Waals surface area (Å²) in [4.78, 5) is 11.8. The van der Waals surface area contributed by atoms with Crippen molar-refractivity contribution in [2.24, 2.45) is 5.92 Å². The molecule has 1 aromatic carbocycles. The average Bonchev–Trinajstić information content (AvgIpc) is 2.28. The number of benzene rings is 1. The molecule has 82 valence electrons. The first-order valence-electron chi connectivity index (χ1n) is 5.34. The predicted octanol–water partition coefficient (Wildman–Crippen LogP) is 3.31. The fraction of sp³-hybridized carbons (Fsp3) is 0.462. The van der Waals surface area contributed by atoms with Gasteiger partial charge in [0, 0.05) is 12.0 Å². The van der Waals surface area contributed by atoms with Gasteiger partial charge in [0.15, 0.2) is 5.78 Å². The summed E-state index contributed by atoms with van der Waals surface area (Å²) in [6, 6.07) is 7.33. The van der Waals surface area contributed by atoms with Crippen molar-refractivity contribution in [3.8, 4) is 5.75 Å². The fourth-order valence-corrected chi connectivity index (χ4v) is 1.38. The van der Waals surface area contributed by atoms with Crippen LogP contribution in [0.15, 0.2) is 24.3 Å². The molecule has 0 aliphatic heterocycles. The Morgan fingerprint density at radius 1 is 1.47 bits per heavy atom. The highest BCUT2D eigenvalue weighted by Crippen LogP contribution is 2.17. The molecule has 0 aliphatic carbocycles. The number of rotatable bonds is 5. The number of ketones is 1. The lowest BCUT2D eigenvalue weighted by atomic mass is 9.98. The van der Waals surface area contributed by atoms with Gasteiger partial charge in [-0.3, -0.25) is 4.79 Å². The summed E-state index contributed by atoms with van der Waals surface area (Å²) in [7, 11) is 1.61. The SMILES string of the molecule is CCC(C)CC(=O)c1cccc(OC)c1. The highest BCUT2D eigenvalue weighted by molar-refractivity contribution is 5.96. The minimum Gasteiger partial charge on any atom is -0.497 e. The van der Waals surface area contributed by atoms with Gasteiger partial charge in [-0.05, 0) is 18.1 Å². The molecule has 0 spiro atoms. The minimum absolute atomic E-state index is 0.197. The summed E-state index contributed by atoms with van der Waals surface area (Å²) < 4.78 is 5.08. The Labute approximate surface area is 91.3 Å². The van der Waals surface area contributed by atoms with E-state index in [1.54, 1.807) is 13.2 Å². The van der Waals surface area contributed by atoms with Gasteiger partial charge >= 0.3 is 0 Å². The van der Waals surface area contributed by atoms with Crippen LogP contribution in [0.5, 0.6) is 5.75 Å². The predicted molar refractivity (Wildman–Crippen MR) is 61.4 cm³/mol. The normalized spacial score (nSPS) is 12.2. The van der Waals surface area contributed by atoms with Crippen molar-refractivity contribution in [1.82, 2.24) is 0 Å². The quantitative estimate of drug-likeness (QED) is 0.691. The summed E-state index contributed by atoms with van der Waals surface area (Å²) in [6.07, 6.45) is 1.65. The molecule has 0 N–H and O–H groups in total. The first kappa shape index (κ1) is 11.8. The van der Waals surface area contributed by atoms with Crippen molar-refractivity contribution in [3.63, 3.8) is 0 Å². The van der Waals surface area contributed by atoms with Crippen molar-refractivity contribution < 1.29 is 9.53 Å². The highest BCUT2D eigenvalue weighted by atomic mass is 16.5. The number of ether oxygens (including phenoxy) is 1. The van der Waals surface area contributed by atoms with E-state index in [9.17, 15) is 4.79 Å². The molecule has 0 saturated carbocycles. The van der Waals surface area contributed by atoms with E-state index in [1.807, 2.05) is 18.2 Å². The molecule has 0 aliphatic rings. The molecule has 0 radical (unpaired) electrons. The molecule has 2 nitrogen and oxygen atoms in total. The zero-order chi connectivity index (χ0) is 11.3. The molecule has 0 saturated heterocycles. The highest BCUT2D eigenvalue weighted by Gasteiger charge is 2.10. The van der Waals surface area contributed by atoms with Crippen molar-refractivity contribution in [2.45, 2.75) is 26.7 Å². The topological polar surface area (TPSA) is 26.3 Å². The van der Waals surface area contributed by atoms with Crippen LogP contribution in [0.3, 0.4) is 0 Å². The van der Waals surface area contributed by atoms with E-state index in [-0.39, 0.29) is 5.78 Å². The third-order valence-electron chi connectivity index (χ3n) is 2.62. The number of Topliss-reactive ketones (excluding diaryl/α,β-unsaturated/α-hetero) is 1. The Bertz CT molecular complexity index is 331. The van der Waals surface area contributed by atoms with E-state index in [2.05, 4.69) is 13.8 Å². The zero-order valence-corrected chi connectivity index (χ0v) is 9.62. The Morgan fingerprint density at radius 2 is 2.20 bits per heavy atom. The largest absolute Gasteiger partial charge is 0.497 e. The third-order valence-corrected chi connectivity index (χ3v) is 2.62. The number of hydrogen-bond acceptors (Lipinski definition) is 2. The number of carbonyl (C=O) groups excluding carboxylic acids is 1. The standard InChI is InChI=1S/C13H18O2/c1-4-10(2)8-13(14)11-6-5-7-12(9-11)15-3/h5-7,9-10H,4,8H2,1-3H3. The number of carbonyl (C=O) groups is 1. The summed E-state index contributed by atoms with van der Waals surface area (Å²) >= 11 is 0. The van der Waals surface area contributed by atoms with E-state index < -0.39 is 0 Å². The van der Waals surface area contributed by atoms with Gasteiger partial charge in [0.2, 0.25) is 0 Å². The van der Waals surface area contributed by atoms with Crippen LogP contribution in [-0.4, -0.2) is 12.9 Å². The lowest BCUT2D eigenvalue weighted by Gasteiger charge is -2.08. The second kappa shape index (κ2) is 5.54. The van der Waals surface area contributed by atoms with Crippen LogP contribution < -0.4 is 4.74 Å². The zero-order valence-electron chi connectivity index (χ0n) is 9.62. The molecular formula is C13H18O2. The van der Waals surface area contributed by atoms with Gasteiger partial charge in [0.25, 0.3) is 0 Å². The lowest BCUT2D eigenvalue weighted by Crippen LogP contribution is -2.05. The fourth-order valence-electron chi connectivity index (χ4n) is 1.38. The minimum atomic E-state index is 0.197. The van der Waals surface area contributed by atoms with Crippen molar-refractivity contribution in [1.29, 1.82) is 0 Å². The maximum absolute atomic E-state index is 11.8. The second-order valence-electron chi connectivity index (χ2n) is 3.87. The van der Waals surface area contributed by atoms with E-state index >= 15 is 0 Å². The van der Waals surface area contributed by atoms with Crippen molar-refractivity contribution >= 4 is 5.78 Å². The first-order valence-corrected chi connectivity index (χ1v) is 5.34. The van der Waals surface area contributed by atoms with Gasteiger partial charge in [-0.25, -0.2) is 0 Å². The van der Waals surface area contributed by atoms with Crippen LogP contribution in [0.4, 0.5) is 0 Å². The van der Waals surface area contributed by atoms with Crippen LogP contribution in [0.2, 0.25) is 0 Å². The molecule has 15 heavy (non-hydrogen) atoms. The van der Waals surface area contributed by atoms with E-state index in [1.165, 1.54) is 0 Å². The van der Waals surface area contributed by atoms with E-state index in [4.69, 9.17) is 4.74 Å². The Hall–Kier alpha value is -1.31. The smallest absolute Gasteiger partial charge is 0.163 e. The molecule has 2 heteroatoms. The maximum Gasteiger partial charge on any atom is 0.163 e. The molecule has 0 fully saturated rings. The van der Waals surface area contributed by atoms with Gasteiger partial charge in [0.1, 0.15) is 5.75 Å². The molecule has 1 rings (SSSR count). The van der Waals surface area contributed by atoms with Crippen LogP contribution in [0.25, 0.3) is 0 Å². The molecule has 1 unspecified atom stereocenters. The Kier molecular flexibility index (Phi) is 4.35. The van der Waals surface area contributed by atoms with Gasteiger partial charge in [-0.1, -0.05) is 32.4 Å². The third kappa shape index (κ3) is 3.39. The van der Waals surface area contributed by atoms with E-state index in [0.717, 1.165) is 17.7 Å². The molecule has 1 atom stereocenters. The molecule has 0 amide bonds. The van der Waals surface area contributed by atoms with Crippen molar-refractivity contribution in [3.05, 3.63) is 29.8 Å². The van der Waals surface area contributed by atoms with Crippen molar-refractivity contribution in [2.75, 3.05) is 7.11 Å². The van der Waals surface area contributed by atoms with Crippen LogP contribution >= 0.6 is 0 Å². The Balaban J connectivity index is 2.73. The average molecular weight is 206 g/mol. The van der Waals surface area contributed by atoms with Gasteiger partial charge in [-0.2, -0.15) is 0 Å². The van der Waals surface area contributed by atoms with Gasteiger partial charge in [-0.15, -0.1) is 0 Å². The van der Waals surface area contributed by atoms with Gasteiger partial charge < -0.3 is 4.74 Å². The van der Waals surface area contributed by atoms with Crippen LogP contribution in [-0.2, 0) is 0 Å². The molecule has 0 aromatic heterocycles. The number of hydrogen-bond donors (Lipinski definition) is 0. The van der Waals surface area contributed by atoms with Crippen LogP contribution in [0.1, 0.15) is 37.0 Å². The molecular weight excluding hydrogens is 188 g/mol. The van der Waals surface area contributed by atoms with Gasteiger partial charge in [0.05, 0.1) is 7.11 Å².